The average molecular weight is 354 g/mol. The van der Waals surface area contributed by atoms with Gasteiger partial charge < -0.3 is 15.3 Å². The molecule has 2 amide bonds. The van der Waals surface area contributed by atoms with Gasteiger partial charge in [-0.2, -0.15) is 0 Å². The largest absolute Gasteiger partial charge is 0.478 e. The van der Waals surface area contributed by atoms with Gasteiger partial charge in [0.2, 0.25) is 5.91 Å². The van der Waals surface area contributed by atoms with Crippen molar-refractivity contribution in [3.05, 3.63) is 65.2 Å². The normalized spacial score (nSPS) is 10.2. The van der Waals surface area contributed by atoms with Crippen LogP contribution >= 0.6 is 0 Å². The van der Waals surface area contributed by atoms with Crippen LogP contribution in [-0.4, -0.2) is 40.9 Å². The molecule has 0 atom stereocenters. The molecule has 6 heteroatoms. The average Bonchev–Trinajstić information content (AvgIpc) is 2.63. The highest BCUT2D eigenvalue weighted by atomic mass is 16.4. The summed E-state index contributed by atoms with van der Waals surface area (Å²) in [6.07, 6.45) is -0.0588. The van der Waals surface area contributed by atoms with E-state index in [0.717, 1.165) is 0 Å². The Bertz CT molecular complexity index is 813. The van der Waals surface area contributed by atoms with E-state index < -0.39 is 5.97 Å². The van der Waals surface area contributed by atoms with E-state index in [2.05, 4.69) is 5.32 Å². The number of anilines is 1. The van der Waals surface area contributed by atoms with Crippen LogP contribution in [0.15, 0.2) is 48.5 Å². The van der Waals surface area contributed by atoms with E-state index in [9.17, 15) is 19.5 Å². The molecule has 0 aliphatic carbocycles. The molecule has 26 heavy (non-hydrogen) atoms. The number of carboxylic acid groups (broad SMARTS) is 1. The predicted octanol–water partition coefficient (Wildman–Crippen LogP) is 3.05. The maximum Gasteiger partial charge on any atom is 0.335 e. The van der Waals surface area contributed by atoms with Gasteiger partial charge in [-0.3, -0.25) is 9.59 Å². The molecule has 2 N–H and O–H groups in total. The number of benzene rings is 2. The smallest absolute Gasteiger partial charge is 0.335 e. The Balaban J connectivity index is 2.12. The van der Waals surface area contributed by atoms with Gasteiger partial charge in [0.05, 0.1) is 12.0 Å². The Labute approximate surface area is 152 Å². The van der Waals surface area contributed by atoms with Gasteiger partial charge in [0.25, 0.3) is 5.91 Å². The fraction of sp³-hybridized carbons (Fsp3) is 0.250. The molecule has 6 nitrogen and oxygen atoms in total. The molecule has 136 valence electrons. The summed E-state index contributed by atoms with van der Waals surface area (Å²) in [6, 6.07) is 13.1. The molecule has 0 saturated heterocycles. The molecule has 0 fully saturated rings. The van der Waals surface area contributed by atoms with Gasteiger partial charge in [0.15, 0.2) is 0 Å². The zero-order valence-electron chi connectivity index (χ0n) is 14.9. The van der Waals surface area contributed by atoms with Gasteiger partial charge in [-0.25, -0.2) is 4.79 Å². The zero-order chi connectivity index (χ0) is 19.1. The zero-order valence-corrected chi connectivity index (χ0v) is 14.9. The van der Waals surface area contributed by atoms with Crippen LogP contribution in [0.2, 0.25) is 0 Å². The predicted molar refractivity (Wildman–Crippen MR) is 99.4 cm³/mol. The van der Waals surface area contributed by atoms with Crippen molar-refractivity contribution in [2.75, 3.05) is 18.4 Å². The van der Waals surface area contributed by atoms with Gasteiger partial charge in [-0.1, -0.05) is 24.3 Å². The van der Waals surface area contributed by atoms with E-state index in [1.807, 2.05) is 13.8 Å². The summed E-state index contributed by atoms with van der Waals surface area (Å²) in [5.74, 6) is -1.51. The lowest BCUT2D eigenvalue weighted by molar-refractivity contribution is -0.115. The molecule has 0 bridgehead atoms. The van der Waals surface area contributed by atoms with Crippen LogP contribution < -0.4 is 5.32 Å². The van der Waals surface area contributed by atoms with Crippen molar-refractivity contribution in [2.45, 2.75) is 20.3 Å². The second kappa shape index (κ2) is 8.80. The highest BCUT2D eigenvalue weighted by Gasteiger charge is 2.15. The Morgan fingerprint density at radius 2 is 1.69 bits per heavy atom. The molecule has 2 rings (SSSR count). The van der Waals surface area contributed by atoms with E-state index in [1.165, 1.54) is 6.07 Å². The van der Waals surface area contributed by atoms with Crippen molar-refractivity contribution in [2.24, 2.45) is 0 Å². The van der Waals surface area contributed by atoms with Crippen molar-refractivity contribution in [1.29, 1.82) is 0 Å². The molecule has 2 aromatic carbocycles. The van der Waals surface area contributed by atoms with E-state index in [1.54, 1.807) is 47.4 Å². The SMILES string of the molecule is CCN(CC)C(=O)c1cccc(NC(=O)Cc2ccccc2C(=O)O)c1. The number of carbonyl (C=O) groups is 3. The first-order valence-corrected chi connectivity index (χ1v) is 8.46. The van der Waals surface area contributed by atoms with Crippen LogP contribution in [0, 0.1) is 0 Å². The first kappa shape index (κ1) is 19.2. The fourth-order valence-electron chi connectivity index (χ4n) is 2.68. The molecular formula is C20H22N2O4. The van der Waals surface area contributed by atoms with Gasteiger partial charge in [0, 0.05) is 24.3 Å². The Morgan fingerprint density at radius 1 is 1.00 bits per heavy atom. The first-order chi connectivity index (χ1) is 12.5. The number of hydrogen-bond acceptors (Lipinski definition) is 3. The number of aromatic carboxylic acids is 1. The van der Waals surface area contributed by atoms with Crippen molar-refractivity contribution in [1.82, 2.24) is 4.90 Å². The Kier molecular flexibility index (Phi) is 6.49. The molecule has 2 aromatic rings. The quantitative estimate of drug-likeness (QED) is 0.800. The van der Waals surface area contributed by atoms with Crippen molar-refractivity contribution < 1.29 is 19.5 Å². The number of carbonyl (C=O) groups excluding carboxylic acids is 2. The highest BCUT2D eigenvalue weighted by Crippen LogP contribution is 2.15. The molecule has 0 unspecified atom stereocenters. The molecule has 0 spiro atoms. The first-order valence-electron chi connectivity index (χ1n) is 8.46. The van der Waals surface area contributed by atoms with Gasteiger partial charge in [-0.15, -0.1) is 0 Å². The monoisotopic (exact) mass is 354 g/mol. The summed E-state index contributed by atoms with van der Waals surface area (Å²) in [4.78, 5) is 37.6. The van der Waals surface area contributed by atoms with Crippen molar-refractivity contribution in [3.63, 3.8) is 0 Å². The summed E-state index contributed by atoms with van der Waals surface area (Å²) in [6.45, 7) is 5.04. The van der Waals surface area contributed by atoms with Crippen molar-refractivity contribution in [3.8, 4) is 0 Å². The maximum atomic E-state index is 12.4. The number of amides is 2. The van der Waals surface area contributed by atoms with Crippen LogP contribution in [0.4, 0.5) is 5.69 Å². The molecule has 0 aliphatic rings. The fourth-order valence-corrected chi connectivity index (χ4v) is 2.68. The Morgan fingerprint density at radius 3 is 2.35 bits per heavy atom. The number of nitrogens with zero attached hydrogens (tertiary/aromatic N) is 1. The second-order valence-corrected chi connectivity index (χ2v) is 5.75. The van der Waals surface area contributed by atoms with Crippen LogP contribution in [0.1, 0.15) is 40.1 Å². The molecular weight excluding hydrogens is 332 g/mol. The van der Waals surface area contributed by atoms with Gasteiger partial charge in [0.1, 0.15) is 0 Å². The summed E-state index contributed by atoms with van der Waals surface area (Å²) < 4.78 is 0. The maximum absolute atomic E-state index is 12.4. The van der Waals surface area contributed by atoms with Crippen LogP contribution in [-0.2, 0) is 11.2 Å². The Hall–Kier alpha value is -3.15. The van der Waals surface area contributed by atoms with E-state index in [4.69, 9.17) is 0 Å². The number of carboxylic acids is 1. The molecule has 0 aromatic heterocycles. The molecule has 0 aliphatic heterocycles. The van der Waals surface area contributed by atoms with Gasteiger partial charge >= 0.3 is 5.97 Å². The van der Waals surface area contributed by atoms with E-state index in [-0.39, 0.29) is 23.8 Å². The van der Waals surface area contributed by atoms with Crippen molar-refractivity contribution >= 4 is 23.5 Å². The van der Waals surface area contributed by atoms with E-state index >= 15 is 0 Å². The molecule has 0 radical (unpaired) electrons. The minimum Gasteiger partial charge on any atom is -0.478 e. The standard InChI is InChI=1S/C20H22N2O4/c1-3-22(4-2)19(24)15-9-7-10-16(12-15)21-18(23)13-14-8-5-6-11-17(14)20(25)26/h5-12H,3-4,13H2,1-2H3,(H,21,23)(H,25,26). The van der Waals surface area contributed by atoms with E-state index in [0.29, 0.717) is 29.9 Å². The third kappa shape index (κ3) is 4.69. The lowest BCUT2D eigenvalue weighted by Crippen LogP contribution is -2.30. The minimum atomic E-state index is -1.07. The van der Waals surface area contributed by atoms with Gasteiger partial charge in [-0.05, 0) is 43.7 Å². The molecule has 0 heterocycles. The summed E-state index contributed by atoms with van der Waals surface area (Å²) in [5, 5.41) is 11.9. The lowest BCUT2D eigenvalue weighted by atomic mass is 10.0. The number of hydrogen-bond donors (Lipinski definition) is 2. The number of rotatable bonds is 7. The summed E-state index contributed by atoms with van der Waals surface area (Å²) >= 11 is 0. The number of nitrogens with one attached hydrogen (secondary N) is 1. The third-order valence-electron chi connectivity index (χ3n) is 4.04. The minimum absolute atomic E-state index is 0.0588. The molecule has 0 saturated carbocycles. The summed E-state index contributed by atoms with van der Waals surface area (Å²) in [5.41, 5.74) is 1.54. The summed E-state index contributed by atoms with van der Waals surface area (Å²) in [7, 11) is 0. The lowest BCUT2D eigenvalue weighted by Gasteiger charge is -2.19. The topological polar surface area (TPSA) is 86.7 Å². The second-order valence-electron chi connectivity index (χ2n) is 5.75. The third-order valence-corrected chi connectivity index (χ3v) is 4.04. The van der Waals surface area contributed by atoms with Crippen LogP contribution in [0.25, 0.3) is 0 Å². The van der Waals surface area contributed by atoms with Crippen LogP contribution in [0.5, 0.6) is 0 Å². The highest BCUT2D eigenvalue weighted by molar-refractivity contribution is 5.98. The van der Waals surface area contributed by atoms with Crippen LogP contribution in [0.3, 0.4) is 0 Å².